The molecule has 0 saturated heterocycles. The van der Waals surface area contributed by atoms with E-state index in [4.69, 9.17) is 4.74 Å². The molecule has 1 N–H and O–H groups in total. The minimum absolute atomic E-state index is 0.280. The molecule has 0 bridgehead atoms. The first-order valence-electron chi connectivity index (χ1n) is 6.39. The summed E-state index contributed by atoms with van der Waals surface area (Å²) in [6.07, 6.45) is 2.92. The monoisotopic (exact) mass is 252 g/mol. The van der Waals surface area contributed by atoms with E-state index in [9.17, 15) is 0 Å². The highest BCUT2D eigenvalue weighted by Gasteiger charge is 2.14. The predicted molar refractivity (Wildman–Crippen MR) is 75.3 cm³/mol. The van der Waals surface area contributed by atoms with Crippen molar-refractivity contribution in [2.75, 3.05) is 37.5 Å². The third-order valence-electron chi connectivity index (χ3n) is 2.88. The summed E-state index contributed by atoms with van der Waals surface area (Å²) < 4.78 is 5.18. The number of likely N-dealkylation sites (N-methyl/N-ethyl adjacent to an activating group) is 1. The zero-order valence-corrected chi connectivity index (χ0v) is 12.0. The lowest BCUT2D eigenvalue weighted by atomic mass is 10.2. The predicted octanol–water partition coefficient (Wildman–Crippen LogP) is 2.08. The Morgan fingerprint density at radius 2 is 2.22 bits per heavy atom. The Bertz CT molecular complexity index is 370. The molecule has 102 valence electrons. The molecule has 1 atom stereocenters. The zero-order chi connectivity index (χ0) is 13.5. The molecule has 0 radical (unpaired) electrons. The Morgan fingerprint density at radius 1 is 1.50 bits per heavy atom. The van der Waals surface area contributed by atoms with Gasteiger partial charge in [-0.2, -0.15) is 4.98 Å². The van der Waals surface area contributed by atoms with Crippen molar-refractivity contribution >= 4 is 11.8 Å². The lowest BCUT2D eigenvalue weighted by Crippen LogP contribution is -2.34. The molecule has 1 heterocycles. The van der Waals surface area contributed by atoms with Gasteiger partial charge in [-0.25, -0.2) is 4.98 Å². The number of aryl methyl sites for hydroxylation is 1. The van der Waals surface area contributed by atoms with Crippen molar-refractivity contribution in [1.82, 2.24) is 9.97 Å². The number of hydrogen-bond acceptors (Lipinski definition) is 5. The van der Waals surface area contributed by atoms with Crippen LogP contribution in [0.5, 0.6) is 0 Å². The van der Waals surface area contributed by atoms with E-state index in [-0.39, 0.29) is 6.04 Å². The second-order valence-electron chi connectivity index (χ2n) is 4.54. The Morgan fingerprint density at radius 3 is 2.83 bits per heavy atom. The molecule has 0 amide bonds. The van der Waals surface area contributed by atoms with E-state index in [2.05, 4.69) is 34.0 Å². The molecule has 1 aromatic rings. The minimum atomic E-state index is 0.280. The molecular formula is C13H24N4O. The van der Waals surface area contributed by atoms with Crippen molar-refractivity contribution in [2.45, 2.75) is 33.2 Å². The first-order chi connectivity index (χ1) is 8.60. The van der Waals surface area contributed by atoms with E-state index in [1.165, 1.54) is 0 Å². The lowest BCUT2D eigenvalue weighted by molar-refractivity contribution is 0.183. The van der Waals surface area contributed by atoms with Gasteiger partial charge in [-0.1, -0.05) is 6.92 Å². The number of ether oxygens (including phenoxy) is 1. The number of nitrogens with one attached hydrogen (secondary N) is 1. The van der Waals surface area contributed by atoms with Gasteiger partial charge in [0.05, 0.1) is 12.6 Å². The van der Waals surface area contributed by atoms with Crippen LogP contribution in [0.15, 0.2) is 6.20 Å². The van der Waals surface area contributed by atoms with Crippen molar-refractivity contribution in [3.05, 3.63) is 11.8 Å². The highest BCUT2D eigenvalue weighted by atomic mass is 16.5. The van der Waals surface area contributed by atoms with Gasteiger partial charge >= 0.3 is 0 Å². The maximum absolute atomic E-state index is 5.18. The van der Waals surface area contributed by atoms with Gasteiger partial charge in [0.1, 0.15) is 5.82 Å². The van der Waals surface area contributed by atoms with Gasteiger partial charge in [-0.15, -0.1) is 0 Å². The van der Waals surface area contributed by atoms with Crippen molar-refractivity contribution in [1.29, 1.82) is 0 Å². The van der Waals surface area contributed by atoms with Gasteiger partial charge in [0.15, 0.2) is 0 Å². The van der Waals surface area contributed by atoms with Crippen LogP contribution in [0.4, 0.5) is 11.8 Å². The van der Waals surface area contributed by atoms with Gasteiger partial charge < -0.3 is 15.0 Å². The van der Waals surface area contributed by atoms with E-state index in [0.717, 1.165) is 24.3 Å². The molecule has 18 heavy (non-hydrogen) atoms. The number of anilines is 2. The van der Waals surface area contributed by atoms with E-state index >= 15 is 0 Å². The van der Waals surface area contributed by atoms with Crippen LogP contribution in [0.3, 0.4) is 0 Å². The summed E-state index contributed by atoms with van der Waals surface area (Å²) in [4.78, 5) is 11.0. The second-order valence-corrected chi connectivity index (χ2v) is 4.54. The van der Waals surface area contributed by atoms with Crippen molar-refractivity contribution in [3.63, 3.8) is 0 Å². The summed E-state index contributed by atoms with van der Waals surface area (Å²) >= 11 is 0. The fourth-order valence-corrected chi connectivity index (χ4v) is 1.67. The molecular weight excluding hydrogens is 228 g/mol. The second kappa shape index (κ2) is 7.16. The summed E-state index contributed by atoms with van der Waals surface area (Å²) in [6.45, 7) is 7.82. The highest BCUT2D eigenvalue weighted by molar-refractivity contribution is 5.49. The Kier molecular flexibility index (Phi) is 5.85. The molecule has 0 fully saturated rings. The zero-order valence-electron chi connectivity index (χ0n) is 12.0. The minimum Gasteiger partial charge on any atom is -0.383 e. The van der Waals surface area contributed by atoms with Crippen LogP contribution in [0.25, 0.3) is 0 Å². The number of aromatic nitrogens is 2. The van der Waals surface area contributed by atoms with E-state index in [1.54, 1.807) is 7.11 Å². The first-order valence-corrected chi connectivity index (χ1v) is 6.39. The number of nitrogens with zero attached hydrogens (tertiary/aromatic N) is 3. The Balaban J connectivity index is 2.85. The molecule has 0 aromatic carbocycles. The topological polar surface area (TPSA) is 50.3 Å². The molecule has 1 rings (SSSR count). The number of hydrogen-bond donors (Lipinski definition) is 1. The molecule has 0 aliphatic rings. The number of methoxy groups -OCH3 is 1. The van der Waals surface area contributed by atoms with Crippen LogP contribution in [0.2, 0.25) is 0 Å². The van der Waals surface area contributed by atoms with Crippen LogP contribution in [0.1, 0.15) is 25.8 Å². The van der Waals surface area contributed by atoms with Gasteiger partial charge in [0.2, 0.25) is 5.95 Å². The quantitative estimate of drug-likeness (QED) is 0.805. The van der Waals surface area contributed by atoms with E-state index in [1.807, 2.05) is 20.2 Å². The standard InChI is InChI=1S/C13H24N4O/c1-6-7-14-13-15-8-10(2)12(16-13)17(4)11(3)9-18-5/h8,11H,6-7,9H2,1-5H3,(H,14,15,16). The summed E-state index contributed by atoms with van der Waals surface area (Å²) in [6, 6.07) is 0.280. The molecule has 0 aliphatic carbocycles. The fourth-order valence-electron chi connectivity index (χ4n) is 1.67. The SMILES string of the molecule is CCCNc1ncc(C)c(N(C)C(C)COC)n1. The average molecular weight is 252 g/mol. The third-order valence-corrected chi connectivity index (χ3v) is 2.88. The number of rotatable bonds is 7. The summed E-state index contributed by atoms with van der Waals surface area (Å²) in [5, 5.41) is 3.21. The van der Waals surface area contributed by atoms with Crippen LogP contribution >= 0.6 is 0 Å². The van der Waals surface area contributed by atoms with E-state index in [0.29, 0.717) is 12.6 Å². The lowest BCUT2D eigenvalue weighted by Gasteiger charge is -2.26. The largest absolute Gasteiger partial charge is 0.383 e. The van der Waals surface area contributed by atoms with Crippen molar-refractivity contribution in [3.8, 4) is 0 Å². The fraction of sp³-hybridized carbons (Fsp3) is 0.692. The normalized spacial score (nSPS) is 12.3. The summed E-state index contributed by atoms with van der Waals surface area (Å²) in [7, 11) is 3.74. The Hall–Kier alpha value is -1.36. The van der Waals surface area contributed by atoms with Crippen LogP contribution in [-0.2, 0) is 4.74 Å². The third kappa shape index (κ3) is 3.84. The smallest absolute Gasteiger partial charge is 0.224 e. The maximum atomic E-state index is 5.18. The molecule has 5 nitrogen and oxygen atoms in total. The Labute approximate surface area is 110 Å². The average Bonchev–Trinajstić information content (AvgIpc) is 2.37. The molecule has 5 heteroatoms. The van der Waals surface area contributed by atoms with Gasteiger partial charge in [-0.3, -0.25) is 0 Å². The van der Waals surface area contributed by atoms with Crippen LogP contribution in [0, 0.1) is 6.92 Å². The molecule has 1 unspecified atom stereocenters. The van der Waals surface area contributed by atoms with Gasteiger partial charge in [0.25, 0.3) is 0 Å². The van der Waals surface area contributed by atoms with Gasteiger partial charge in [0, 0.05) is 32.5 Å². The summed E-state index contributed by atoms with van der Waals surface area (Å²) in [5.74, 6) is 1.64. The first kappa shape index (κ1) is 14.7. The maximum Gasteiger partial charge on any atom is 0.224 e. The molecule has 1 aromatic heterocycles. The van der Waals surface area contributed by atoms with Crippen LogP contribution in [-0.4, -0.2) is 43.3 Å². The van der Waals surface area contributed by atoms with Crippen molar-refractivity contribution < 1.29 is 4.74 Å². The molecule has 0 saturated carbocycles. The molecule has 0 spiro atoms. The van der Waals surface area contributed by atoms with E-state index < -0.39 is 0 Å². The van der Waals surface area contributed by atoms with Crippen LogP contribution < -0.4 is 10.2 Å². The highest BCUT2D eigenvalue weighted by Crippen LogP contribution is 2.18. The molecule has 0 aliphatic heterocycles. The summed E-state index contributed by atoms with van der Waals surface area (Å²) in [5.41, 5.74) is 1.07. The van der Waals surface area contributed by atoms with Gasteiger partial charge in [-0.05, 0) is 20.3 Å². The van der Waals surface area contributed by atoms with Crippen molar-refractivity contribution in [2.24, 2.45) is 0 Å².